The first-order valence-electron chi connectivity index (χ1n) is 10.7. The van der Waals surface area contributed by atoms with Gasteiger partial charge in [-0.2, -0.15) is 0 Å². The van der Waals surface area contributed by atoms with Crippen LogP contribution in [0, 0.1) is 0 Å². The van der Waals surface area contributed by atoms with Crippen molar-refractivity contribution in [2.45, 2.75) is 12.6 Å². The summed E-state index contributed by atoms with van der Waals surface area (Å²) < 4.78 is 11.1. The lowest BCUT2D eigenvalue weighted by Gasteiger charge is -2.27. The summed E-state index contributed by atoms with van der Waals surface area (Å²) in [6.07, 6.45) is 0. The average Bonchev–Trinajstić information content (AvgIpc) is 3.39. The quantitative estimate of drug-likeness (QED) is 0.400. The molecule has 0 spiro atoms. The van der Waals surface area contributed by atoms with E-state index in [2.05, 4.69) is 0 Å². The molecule has 7 nitrogen and oxygen atoms in total. The first kappa shape index (κ1) is 21.3. The van der Waals surface area contributed by atoms with Crippen LogP contribution < -0.4 is 4.74 Å². The lowest BCUT2D eigenvalue weighted by Crippen LogP contribution is -2.30. The van der Waals surface area contributed by atoms with Gasteiger partial charge >= 0.3 is 0 Å². The number of methoxy groups -OCH3 is 1. The summed E-state index contributed by atoms with van der Waals surface area (Å²) in [5.41, 5.74) is 1.61. The Morgan fingerprint density at radius 2 is 1.76 bits per heavy atom. The number of amides is 1. The molecule has 1 aliphatic heterocycles. The number of phenols is 1. The molecule has 0 fully saturated rings. The average molecular weight is 455 g/mol. The number of furan rings is 1. The van der Waals surface area contributed by atoms with Crippen molar-refractivity contribution in [2.75, 3.05) is 7.11 Å². The smallest absolute Gasteiger partial charge is 0.290 e. The summed E-state index contributed by atoms with van der Waals surface area (Å²) >= 11 is 0. The number of fused-ring (bicyclic) bond motifs is 1. The number of carbonyl (C=O) groups excluding carboxylic acids is 2. The fourth-order valence-electron chi connectivity index (χ4n) is 4.31. The molecule has 2 N–H and O–H groups in total. The van der Waals surface area contributed by atoms with Crippen molar-refractivity contribution >= 4 is 22.7 Å². The molecule has 3 aromatic carbocycles. The molecule has 1 unspecified atom stereocenters. The highest BCUT2D eigenvalue weighted by molar-refractivity contribution is 6.16. The van der Waals surface area contributed by atoms with E-state index < -0.39 is 23.5 Å². The Balaban J connectivity index is 1.61. The second-order valence-electron chi connectivity index (χ2n) is 8.00. The number of hydrogen-bond acceptors (Lipinski definition) is 6. The van der Waals surface area contributed by atoms with Crippen LogP contribution in [0.3, 0.4) is 0 Å². The van der Waals surface area contributed by atoms with E-state index in [0.717, 1.165) is 5.56 Å². The van der Waals surface area contributed by atoms with Crippen LogP contribution in [-0.2, 0) is 11.3 Å². The van der Waals surface area contributed by atoms with Crippen LogP contribution in [0.25, 0.3) is 11.0 Å². The number of nitrogens with zero attached hydrogens (tertiary/aromatic N) is 1. The lowest BCUT2D eigenvalue weighted by molar-refractivity contribution is -0.130. The van der Waals surface area contributed by atoms with E-state index in [-0.39, 0.29) is 23.6 Å². The Morgan fingerprint density at radius 3 is 2.50 bits per heavy atom. The largest absolute Gasteiger partial charge is 0.508 e. The van der Waals surface area contributed by atoms with Crippen molar-refractivity contribution in [3.05, 3.63) is 107 Å². The first-order valence-corrected chi connectivity index (χ1v) is 10.7. The van der Waals surface area contributed by atoms with Gasteiger partial charge in [-0.1, -0.05) is 54.6 Å². The lowest BCUT2D eigenvalue weighted by atomic mass is 9.94. The number of carbonyl (C=O) groups is 2. The molecule has 0 saturated heterocycles. The van der Waals surface area contributed by atoms with E-state index in [4.69, 9.17) is 9.15 Å². The van der Waals surface area contributed by atoms with Gasteiger partial charge < -0.3 is 24.3 Å². The summed E-state index contributed by atoms with van der Waals surface area (Å²) in [5.74, 6) is -1.51. The second-order valence-corrected chi connectivity index (χ2v) is 8.00. The Labute approximate surface area is 195 Å². The summed E-state index contributed by atoms with van der Waals surface area (Å²) in [5, 5.41) is 21.6. The fourth-order valence-corrected chi connectivity index (χ4v) is 4.31. The number of aromatic hydroxyl groups is 1. The number of hydrogen-bond donors (Lipinski definition) is 2. The third-order valence-corrected chi connectivity index (χ3v) is 5.88. The Bertz CT molecular complexity index is 1440. The molecule has 7 heteroatoms. The van der Waals surface area contributed by atoms with Crippen LogP contribution in [0.1, 0.15) is 27.7 Å². The number of rotatable bonds is 6. The van der Waals surface area contributed by atoms with Crippen molar-refractivity contribution in [3.8, 4) is 11.5 Å². The van der Waals surface area contributed by atoms with E-state index in [9.17, 15) is 19.8 Å². The van der Waals surface area contributed by atoms with Crippen LogP contribution in [0.15, 0.2) is 94.6 Å². The minimum Gasteiger partial charge on any atom is -0.508 e. The van der Waals surface area contributed by atoms with E-state index in [1.807, 2.05) is 30.3 Å². The van der Waals surface area contributed by atoms with Gasteiger partial charge in [0.05, 0.1) is 18.7 Å². The highest BCUT2D eigenvalue weighted by Gasteiger charge is 2.44. The van der Waals surface area contributed by atoms with Crippen LogP contribution in [0.2, 0.25) is 0 Å². The molecular weight excluding hydrogens is 434 g/mol. The summed E-state index contributed by atoms with van der Waals surface area (Å²) in [6.45, 7) is 0.161. The number of benzene rings is 3. The minimum atomic E-state index is -0.914. The van der Waals surface area contributed by atoms with Gasteiger partial charge in [0.1, 0.15) is 5.75 Å². The maximum Gasteiger partial charge on any atom is 0.290 e. The summed E-state index contributed by atoms with van der Waals surface area (Å²) in [4.78, 5) is 28.2. The topological polar surface area (TPSA) is 100 Å². The van der Waals surface area contributed by atoms with Crippen molar-refractivity contribution in [3.63, 3.8) is 0 Å². The highest BCUT2D eigenvalue weighted by atomic mass is 16.5. The van der Waals surface area contributed by atoms with Crippen molar-refractivity contribution < 1.29 is 29.0 Å². The van der Waals surface area contributed by atoms with E-state index in [1.54, 1.807) is 36.4 Å². The maximum absolute atomic E-state index is 13.6. The highest BCUT2D eigenvalue weighted by Crippen LogP contribution is 2.41. The Kier molecular flexibility index (Phi) is 5.30. The molecule has 170 valence electrons. The Morgan fingerprint density at radius 1 is 1.00 bits per heavy atom. The molecule has 1 aliphatic rings. The Hall–Kier alpha value is -4.52. The first-order chi connectivity index (χ1) is 16.5. The van der Waals surface area contributed by atoms with Crippen LogP contribution in [-0.4, -0.2) is 33.9 Å². The molecule has 5 rings (SSSR count). The minimum absolute atomic E-state index is 0.0173. The van der Waals surface area contributed by atoms with Gasteiger partial charge in [-0.25, -0.2) is 0 Å². The molecule has 1 aromatic heterocycles. The third kappa shape index (κ3) is 3.57. The number of phenolic OH excluding ortho intramolecular Hbond substituents is 1. The van der Waals surface area contributed by atoms with Gasteiger partial charge in [-0.3, -0.25) is 9.59 Å². The SMILES string of the molecule is COc1cccc2cc(C(=O)C3=C(O)C(=O)N(Cc4ccccc4)C3c3cccc(O)c3)oc12. The van der Waals surface area contributed by atoms with E-state index >= 15 is 0 Å². The molecule has 1 atom stereocenters. The number of para-hydroxylation sites is 1. The van der Waals surface area contributed by atoms with Gasteiger partial charge in [0.15, 0.2) is 22.9 Å². The number of ether oxygens (including phenoxy) is 1. The summed E-state index contributed by atoms with van der Waals surface area (Å²) in [7, 11) is 1.50. The molecule has 0 radical (unpaired) electrons. The van der Waals surface area contributed by atoms with Crippen molar-refractivity contribution in [1.82, 2.24) is 4.90 Å². The number of Topliss-reactive ketones (excluding diaryl/α,β-unsaturated/α-hetero) is 1. The zero-order valence-electron chi connectivity index (χ0n) is 18.3. The molecule has 2 heterocycles. The molecule has 0 aliphatic carbocycles. The molecule has 34 heavy (non-hydrogen) atoms. The number of ketones is 1. The normalized spacial score (nSPS) is 15.9. The molecule has 4 aromatic rings. The fraction of sp³-hybridized carbons (Fsp3) is 0.111. The van der Waals surface area contributed by atoms with Crippen LogP contribution >= 0.6 is 0 Å². The number of aliphatic hydroxyl groups excluding tert-OH is 1. The molecule has 0 saturated carbocycles. The summed E-state index contributed by atoms with van der Waals surface area (Å²) in [6, 6.07) is 21.5. The number of aliphatic hydroxyl groups is 1. The van der Waals surface area contributed by atoms with Crippen LogP contribution in [0.5, 0.6) is 11.5 Å². The van der Waals surface area contributed by atoms with Gasteiger partial charge in [0, 0.05) is 11.9 Å². The zero-order chi connectivity index (χ0) is 23.8. The van der Waals surface area contributed by atoms with Gasteiger partial charge in [0.25, 0.3) is 5.91 Å². The molecule has 1 amide bonds. The van der Waals surface area contributed by atoms with Crippen molar-refractivity contribution in [1.29, 1.82) is 0 Å². The monoisotopic (exact) mass is 455 g/mol. The van der Waals surface area contributed by atoms with Gasteiger partial charge in [-0.15, -0.1) is 0 Å². The van der Waals surface area contributed by atoms with Gasteiger partial charge in [-0.05, 0) is 35.4 Å². The third-order valence-electron chi connectivity index (χ3n) is 5.88. The van der Waals surface area contributed by atoms with Crippen LogP contribution in [0.4, 0.5) is 0 Å². The molecular formula is C27H21NO6. The zero-order valence-corrected chi connectivity index (χ0v) is 18.3. The molecule has 0 bridgehead atoms. The standard InChI is InChI=1S/C27H21NO6/c1-33-20-12-6-10-18-14-21(34-26(18)20)24(30)22-23(17-9-5-11-19(29)13-17)28(27(32)25(22)31)15-16-7-3-2-4-8-16/h2-14,23,29,31H,15H2,1H3. The predicted octanol–water partition coefficient (Wildman–Crippen LogP) is 4.93. The maximum atomic E-state index is 13.6. The second kappa shape index (κ2) is 8.44. The van der Waals surface area contributed by atoms with Gasteiger partial charge in [0.2, 0.25) is 5.78 Å². The van der Waals surface area contributed by atoms with E-state index in [1.165, 1.54) is 24.1 Å². The van der Waals surface area contributed by atoms with E-state index in [0.29, 0.717) is 22.3 Å². The predicted molar refractivity (Wildman–Crippen MR) is 125 cm³/mol. The van der Waals surface area contributed by atoms with Crippen molar-refractivity contribution in [2.24, 2.45) is 0 Å².